The predicted molar refractivity (Wildman–Crippen MR) is 322 cm³/mol. The van der Waals surface area contributed by atoms with E-state index >= 15 is 0 Å². The Morgan fingerprint density at radius 2 is 0.893 bits per heavy atom. The van der Waals surface area contributed by atoms with Crippen LogP contribution in [0.15, 0.2) is 249 Å². The highest BCUT2D eigenvalue weighted by atomic mass is 28.3. The second-order valence-electron chi connectivity index (χ2n) is 21.7. The summed E-state index contributed by atoms with van der Waals surface area (Å²) < 4.78 is 2.40. The summed E-state index contributed by atoms with van der Waals surface area (Å²) in [6, 6.07) is 93.1. The van der Waals surface area contributed by atoms with Gasteiger partial charge in [-0.05, 0) is 168 Å². The summed E-state index contributed by atoms with van der Waals surface area (Å²) in [6.07, 6.45) is 0. The number of hydrogen-bond donors (Lipinski definition) is 0. The van der Waals surface area contributed by atoms with Crippen LogP contribution in [0.3, 0.4) is 0 Å². The van der Waals surface area contributed by atoms with Gasteiger partial charge in [0.05, 0.1) is 16.7 Å². The molecule has 2 aliphatic rings. The monoisotopic (exact) mass is 975 g/mol. The summed E-state index contributed by atoms with van der Waals surface area (Å²) in [4.78, 5) is 4.97. The molecular formula is C71H53N3Si. The Labute approximate surface area is 438 Å². The molecule has 13 aromatic rings. The van der Waals surface area contributed by atoms with E-state index in [0.29, 0.717) is 0 Å². The van der Waals surface area contributed by atoms with E-state index in [4.69, 9.17) is 0 Å². The van der Waals surface area contributed by atoms with Crippen LogP contribution >= 0.6 is 0 Å². The minimum absolute atomic E-state index is 0.106. The molecule has 2 heterocycles. The first-order chi connectivity index (χ1) is 36.7. The normalized spacial score (nSPS) is 13.8. The second-order valence-corrected chi connectivity index (χ2v) is 26.0. The molecule has 356 valence electrons. The minimum Gasteiger partial charge on any atom is -0.310 e. The molecule has 1 aliphatic heterocycles. The molecule has 0 atom stereocenters. The van der Waals surface area contributed by atoms with Gasteiger partial charge >= 0.3 is 0 Å². The molecule has 0 saturated heterocycles. The van der Waals surface area contributed by atoms with Gasteiger partial charge in [-0.3, -0.25) is 0 Å². The van der Waals surface area contributed by atoms with Crippen LogP contribution in [0.1, 0.15) is 25.0 Å². The standard InChI is InChI=1S/C71H53N3Si/c1-71(2)63-32-18-16-28-53(63)54-38-35-50(42-64(54)71)72(46-21-8-5-9-22-46)51-36-39-57-62-44-59-52-27-14-15-29-55(52)67(45-60(59)58-31-20-34-68(70(58)62)75(3,4)69(57)43-51)73(47-23-10-6-11-24-47)49-37-40-66-61(41-49)56-30-17-19-33-65(56)74(66)48-25-12-7-13-26-48/h5-45H,1-4H3. The van der Waals surface area contributed by atoms with Crippen molar-refractivity contribution in [2.45, 2.75) is 32.4 Å². The molecule has 0 N–H and O–H groups in total. The molecule has 15 rings (SSSR count). The number of hydrogen-bond acceptors (Lipinski definition) is 2. The molecule has 1 aromatic heterocycles. The van der Waals surface area contributed by atoms with Gasteiger partial charge in [0.1, 0.15) is 8.07 Å². The first-order valence-electron chi connectivity index (χ1n) is 26.3. The van der Waals surface area contributed by atoms with E-state index in [0.717, 1.165) is 28.4 Å². The molecule has 0 radical (unpaired) electrons. The van der Waals surface area contributed by atoms with Crippen molar-refractivity contribution in [3.05, 3.63) is 260 Å². The van der Waals surface area contributed by atoms with E-state index in [2.05, 4.69) is 290 Å². The maximum atomic E-state index is 2.56. The highest BCUT2D eigenvalue weighted by Crippen LogP contribution is 2.52. The summed E-state index contributed by atoms with van der Waals surface area (Å²) in [5.41, 5.74) is 18.5. The van der Waals surface area contributed by atoms with Gasteiger partial charge in [-0.15, -0.1) is 0 Å². The van der Waals surface area contributed by atoms with Gasteiger partial charge in [0.2, 0.25) is 0 Å². The van der Waals surface area contributed by atoms with Crippen LogP contribution in [0, 0.1) is 0 Å². The van der Waals surface area contributed by atoms with Gasteiger partial charge < -0.3 is 14.4 Å². The maximum absolute atomic E-state index is 2.56. The van der Waals surface area contributed by atoms with Gasteiger partial charge in [0.15, 0.2) is 0 Å². The Kier molecular flexibility index (Phi) is 9.46. The third-order valence-electron chi connectivity index (χ3n) is 16.9. The van der Waals surface area contributed by atoms with Crippen LogP contribution in [-0.4, -0.2) is 12.6 Å². The lowest BCUT2D eigenvalue weighted by atomic mass is 9.82. The van der Waals surface area contributed by atoms with Crippen LogP contribution < -0.4 is 20.2 Å². The molecule has 0 saturated carbocycles. The summed E-state index contributed by atoms with van der Waals surface area (Å²) in [5, 5.41) is 13.1. The zero-order valence-corrected chi connectivity index (χ0v) is 43.5. The average Bonchev–Trinajstić information content (AvgIpc) is 3.93. The van der Waals surface area contributed by atoms with E-state index in [-0.39, 0.29) is 5.41 Å². The van der Waals surface area contributed by atoms with Gasteiger partial charge in [0.25, 0.3) is 0 Å². The smallest absolute Gasteiger partial charge is 0.113 e. The third-order valence-corrected chi connectivity index (χ3v) is 20.4. The molecule has 0 fully saturated rings. The fourth-order valence-electron chi connectivity index (χ4n) is 13.3. The molecule has 12 aromatic carbocycles. The Morgan fingerprint density at radius 3 is 1.67 bits per heavy atom. The topological polar surface area (TPSA) is 11.4 Å². The van der Waals surface area contributed by atoms with Crippen molar-refractivity contribution < 1.29 is 0 Å². The highest BCUT2D eigenvalue weighted by Gasteiger charge is 2.38. The van der Waals surface area contributed by atoms with Gasteiger partial charge in [-0.25, -0.2) is 0 Å². The van der Waals surface area contributed by atoms with E-state index in [1.54, 1.807) is 0 Å². The summed E-state index contributed by atoms with van der Waals surface area (Å²) in [7, 11) is -2.32. The largest absolute Gasteiger partial charge is 0.310 e. The fraction of sp³-hybridized carbons (Fsp3) is 0.0704. The lowest BCUT2D eigenvalue weighted by Crippen LogP contribution is -2.56. The van der Waals surface area contributed by atoms with E-state index < -0.39 is 8.07 Å². The molecule has 0 bridgehead atoms. The lowest BCUT2D eigenvalue weighted by molar-refractivity contribution is 0.660. The molecular weight excluding hydrogens is 923 g/mol. The van der Waals surface area contributed by atoms with Crippen molar-refractivity contribution in [1.29, 1.82) is 0 Å². The van der Waals surface area contributed by atoms with Crippen LogP contribution in [-0.2, 0) is 5.41 Å². The number of fused-ring (bicyclic) bond motifs is 12. The van der Waals surface area contributed by atoms with Crippen molar-refractivity contribution in [2.24, 2.45) is 0 Å². The number of para-hydroxylation sites is 4. The highest BCUT2D eigenvalue weighted by molar-refractivity contribution is 7.03. The Morgan fingerprint density at radius 1 is 0.333 bits per heavy atom. The van der Waals surface area contributed by atoms with Crippen molar-refractivity contribution in [2.75, 3.05) is 9.80 Å². The molecule has 0 amide bonds. The predicted octanol–water partition coefficient (Wildman–Crippen LogP) is 18.3. The van der Waals surface area contributed by atoms with Crippen LogP contribution in [0.2, 0.25) is 13.1 Å². The molecule has 0 unspecified atom stereocenters. The van der Waals surface area contributed by atoms with E-state index in [1.807, 2.05) is 0 Å². The zero-order chi connectivity index (χ0) is 50.2. The second kappa shape index (κ2) is 16.3. The lowest BCUT2D eigenvalue weighted by Gasteiger charge is -2.36. The summed E-state index contributed by atoms with van der Waals surface area (Å²) in [6.45, 7) is 9.87. The van der Waals surface area contributed by atoms with Crippen LogP contribution in [0.25, 0.3) is 82.1 Å². The minimum atomic E-state index is -2.32. The molecule has 3 nitrogen and oxygen atoms in total. The van der Waals surface area contributed by atoms with Gasteiger partial charge in [-0.1, -0.05) is 179 Å². The summed E-state index contributed by atoms with van der Waals surface area (Å²) in [5.74, 6) is 0. The fourth-order valence-corrected chi connectivity index (χ4v) is 16.4. The third kappa shape index (κ3) is 6.39. The van der Waals surface area contributed by atoms with E-state index in [1.165, 1.54) is 109 Å². The van der Waals surface area contributed by atoms with Crippen molar-refractivity contribution in [1.82, 2.24) is 4.57 Å². The first-order valence-corrected chi connectivity index (χ1v) is 29.3. The Hall–Kier alpha value is -8.96. The van der Waals surface area contributed by atoms with Crippen molar-refractivity contribution in [3.8, 4) is 27.9 Å². The molecule has 75 heavy (non-hydrogen) atoms. The number of rotatable bonds is 7. The quantitative estimate of drug-likeness (QED) is 0.116. The average molecular weight is 976 g/mol. The molecule has 0 spiro atoms. The van der Waals surface area contributed by atoms with Gasteiger partial charge in [-0.2, -0.15) is 0 Å². The Balaban J connectivity index is 0.925. The zero-order valence-electron chi connectivity index (χ0n) is 42.5. The SMILES string of the molecule is CC1(C)c2ccccc2-c2ccc(N(c3ccccc3)c3ccc4c(c3)[Si](C)(C)c3cccc5c3c-4cc3c4ccccc4c(N(c4ccccc4)c4ccc6c(c4)c4ccccc4n6-c4ccccc4)cc53)cc21. The van der Waals surface area contributed by atoms with Crippen LogP contribution in [0.4, 0.5) is 34.1 Å². The first kappa shape index (κ1) is 43.6. The number of nitrogens with zero attached hydrogens (tertiary/aromatic N) is 3. The van der Waals surface area contributed by atoms with Gasteiger partial charge in [0, 0.05) is 55.7 Å². The summed E-state index contributed by atoms with van der Waals surface area (Å²) >= 11 is 0. The molecule has 1 aliphatic carbocycles. The Bertz CT molecular complexity index is 4480. The van der Waals surface area contributed by atoms with Crippen LogP contribution in [0.5, 0.6) is 0 Å². The number of benzene rings is 12. The van der Waals surface area contributed by atoms with E-state index in [9.17, 15) is 0 Å². The number of aromatic nitrogens is 1. The molecule has 4 heteroatoms. The van der Waals surface area contributed by atoms with Crippen molar-refractivity contribution in [3.63, 3.8) is 0 Å². The number of anilines is 6. The maximum Gasteiger partial charge on any atom is 0.113 e. The van der Waals surface area contributed by atoms with Crippen molar-refractivity contribution >= 4 is 107 Å².